The molecule has 0 aliphatic heterocycles. The number of aliphatic carboxylic acids is 2. The fraction of sp³-hybridized carbons (Fsp3) is 0.591. The Labute approximate surface area is 370 Å². The molecule has 0 radical (unpaired) electrons. The topological polar surface area (TPSA) is 168 Å². The highest BCUT2D eigenvalue weighted by Gasteiger charge is 2.35. The molecule has 2 heterocycles. The summed E-state index contributed by atoms with van der Waals surface area (Å²) in [5.41, 5.74) is 0.443. The van der Waals surface area contributed by atoms with E-state index in [0.29, 0.717) is 22.4 Å². The van der Waals surface area contributed by atoms with Crippen molar-refractivity contribution in [1.29, 1.82) is 0 Å². The molecule has 0 spiro atoms. The van der Waals surface area contributed by atoms with Gasteiger partial charge in [-0.15, -0.1) is 35.0 Å². The number of rotatable bonds is 10. The standard InChI is InChI=1S/C22H29NO5S.C16H20INO5S.C6H10/c1-14-6-8-15(9-7-14)20(26)23(13-18(24)25)17-12-16(10-11-22(2,3)4)29-19(17)21(27)28-5;1-9-3-5-10(6-4-9)15(21)18(8-13(19)20)11-7-12(17)24-14(11)16(22)23-2;1-5-6(2,3)4/h12,14-15H,6-9,13H2,1-5H3,(H,24,25);7,9-10H,3-6,8H2,1-2H3,(H,19,20);1H,2-4H3. The number of halogens is 1. The van der Waals surface area contributed by atoms with Gasteiger partial charge in [-0.2, -0.15) is 0 Å². The zero-order valence-electron chi connectivity index (χ0n) is 35.9. The summed E-state index contributed by atoms with van der Waals surface area (Å²) in [6.45, 7) is 15.3. The molecular weight excluding hydrogens is 908 g/mol. The molecule has 0 saturated heterocycles. The van der Waals surface area contributed by atoms with Crippen molar-refractivity contribution in [3.63, 3.8) is 0 Å². The molecule has 59 heavy (non-hydrogen) atoms. The van der Waals surface area contributed by atoms with Crippen LogP contribution in [0.1, 0.15) is 131 Å². The lowest BCUT2D eigenvalue weighted by atomic mass is 9.82. The quantitative estimate of drug-likeness (QED) is 0.133. The summed E-state index contributed by atoms with van der Waals surface area (Å²) in [6.07, 6.45) is 11.8. The maximum absolute atomic E-state index is 13.2. The van der Waals surface area contributed by atoms with E-state index in [4.69, 9.17) is 15.9 Å². The number of methoxy groups -OCH3 is 2. The average molecular weight is 967 g/mol. The Hall–Kier alpha value is -3.93. The molecule has 2 aromatic heterocycles. The third kappa shape index (κ3) is 16.9. The lowest BCUT2D eigenvalue weighted by Crippen LogP contribution is -2.41. The lowest BCUT2D eigenvalue weighted by Gasteiger charge is -2.30. The monoisotopic (exact) mass is 966 g/mol. The molecule has 2 saturated carbocycles. The number of hydrogen-bond acceptors (Lipinski definition) is 10. The molecule has 2 fully saturated rings. The van der Waals surface area contributed by atoms with Gasteiger partial charge in [0.25, 0.3) is 0 Å². The average Bonchev–Trinajstić information content (AvgIpc) is 3.78. The number of hydrogen-bond donors (Lipinski definition) is 2. The Bertz CT molecular complexity index is 1900. The van der Waals surface area contributed by atoms with E-state index < -0.39 is 37.0 Å². The minimum atomic E-state index is -1.13. The number of amides is 2. The van der Waals surface area contributed by atoms with E-state index in [1.54, 1.807) is 12.1 Å². The highest BCUT2D eigenvalue weighted by Crippen LogP contribution is 2.37. The van der Waals surface area contributed by atoms with Crippen LogP contribution in [0.15, 0.2) is 12.1 Å². The van der Waals surface area contributed by atoms with Gasteiger partial charge in [0.05, 0.1) is 33.4 Å². The van der Waals surface area contributed by atoms with Crippen molar-refractivity contribution in [1.82, 2.24) is 0 Å². The fourth-order valence-electron chi connectivity index (χ4n) is 6.21. The van der Waals surface area contributed by atoms with Crippen LogP contribution in [-0.2, 0) is 28.7 Å². The van der Waals surface area contributed by atoms with Crippen molar-refractivity contribution in [2.45, 2.75) is 107 Å². The number of carboxylic acids is 2. The number of esters is 2. The molecule has 15 heteroatoms. The second kappa shape index (κ2) is 23.2. The minimum absolute atomic E-state index is 0.0694. The Morgan fingerprint density at radius 2 is 1.08 bits per heavy atom. The van der Waals surface area contributed by atoms with Crippen molar-refractivity contribution in [3.05, 3.63) is 29.6 Å². The Morgan fingerprint density at radius 1 is 0.712 bits per heavy atom. The number of carbonyl (C=O) groups is 6. The second-order valence-corrected chi connectivity index (χ2v) is 21.0. The lowest BCUT2D eigenvalue weighted by molar-refractivity contribution is -0.137. The molecule has 0 bridgehead atoms. The molecule has 2 aromatic rings. The van der Waals surface area contributed by atoms with Gasteiger partial charge in [-0.3, -0.25) is 29.0 Å². The van der Waals surface area contributed by atoms with Gasteiger partial charge in [0.1, 0.15) is 22.8 Å². The summed E-state index contributed by atoms with van der Waals surface area (Å²) in [6, 6.07) is 3.30. The van der Waals surface area contributed by atoms with E-state index in [2.05, 4.69) is 31.6 Å². The van der Waals surface area contributed by atoms with Crippen molar-refractivity contribution >= 4 is 92.3 Å². The van der Waals surface area contributed by atoms with Crippen LogP contribution in [-0.4, -0.2) is 73.2 Å². The van der Waals surface area contributed by atoms with Crippen LogP contribution in [0.4, 0.5) is 11.4 Å². The van der Waals surface area contributed by atoms with Crippen LogP contribution in [0.2, 0.25) is 0 Å². The summed E-state index contributed by atoms with van der Waals surface area (Å²) in [5.74, 6) is 5.60. The van der Waals surface area contributed by atoms with E-state index in [1.807, 2.05) is 64.1 Å². The van der Waals surface area contributed by atoms with Crippen LogP contribution in [0.3, 0.4) is 0 Å². The first kappa shape index (κ1) is 51.2. The normalized spacial score (nSPS) is 18.7. The van der Waals surface area contributed by atoms with E-state index in [9.17, 15) is 39.0 Å². The Balaban J connectivity index is 0.000000362. The molecule has 2 N–H and O–H groups in total. The largest absolute Gasteiger partial charge is 0.480 e. The molecule has 12 nitrogen and oxygen atoms in total. The van der Waals surface area contributed by atoms with Gasteiger partial charge in [0, 0.05) is 22.7 Å². The number of thiophene rings is 2. The van der Waals surface area contributed by atoms with Gasteiger partial charge in [-0.1, -0.05) is 25.7 Å². The molecular formula is C44H59IN2O10S2. The fourth-order valence-corrected chi connectivity index (χ4v) is 8.91. The maximum atomic E-state index is 13.2. The van der Waals surface area contributed by atoms with Crippen LogP contribution in [0, 0.1) is 61.6 Å². The first-order valence-electron chi connectivity index (χ1n) is 19.6. The third-order valence-electron chi connectivity index (χ3n) is 9.56. The summed E-state index contributed by atoms with van der Waals surface area (Å²) in [5, 5.41) is 18.6. The summed E-state index contributed by atoms with van der Waals surface area (Å²) < 4.78 is 10.4. The number of anilines is 2. The summed E-state index contributed by atoms with van der Waals surface area (Å²) in [7, 11) is 2.53. The van der Waals surface area contributed by atoms with Crippen molar-refractivity contribution in [2.75, 3.05) is 37.1 Å². The number of ether oxygens (including phenoxy) is 2. The summed E-state index contributed by atoms with van der Waals surface area (Å²) >= 11 is 4.36. The molecule has 0 aromatic carbocycles. The van der Waals surface area contributed by atoms with E-state index >= 15 is 0 Å². The van der Waals surface area contributed by atoms with Crippen LogP contribution >= 0.6 is 45.3 Å². The predicted molar refractivity (Wildman–Crippen MR) is 241 cm³/mol. The highest BCUT2D eigenvalue weighted by molar-refractivity contribution is 14.1. The predicted octanol–water partition coefficient (Wildman–Crippen LogP) is 9.23. The highest BCUT2D eigenvalue weighted by atomic mass is 127. The molecule has 2 amide bonds. The van der Waals surface area contributed by atoms with Gasteiger partial charge in [-0.05, 0) is 139 Å². The third-order valence-corrected chi connectivity index (χ3v) is 12.4. The molecule has 324 valence electrons. The van der Waals surface area contributed by atoms with E-state index in [0.717, 1.165) is 65.6 Å². The number of carboxylic acid groups (broad SMARTS) is 2. The molecule has 2 aliphatic rings. The molecule has 2 aliphatic carbocycles. The van der Waals surface area contributed by atoms with Gasteiger partial charge < -0.3 is 19.7 Å². The minimum Gasteiger partial charge on any atom is -0.480 e. The van der Waals surface area contributed by atoms with Crippen LogP contribution in [0.5, 0.6) is 0 Å². The zero-order chi connectivity index (χ0) is 44.8. The van der Waals surface area contributed by atoms with Crippen molar-refractivity contribution in [2.24, 2.45) is 34.5 Å². The molecule has 0 unspecified atom stereocenters. The molecule has 4 rings (SSSR count). The van der Waals surface area contributed by atoms with Crippen LogP contribution in [0.25, 0.3) is 0 Å². The Kier molecular flexibility index (Phi) is 20.1. The maximum Gasteiger partial charge on any atom is 0.350 e. The summed E-state index contributed by atoms with van der Waals surface area (Å²) in [4.78, 5) is 76.7. The van der Waals surface area contributed by atoms with Crippen molar-refractivity contribution in [3.8, 4) is 24.2 Å². The van der Waals surface area contributed by atoms with Gasteiger partial charge >= 0.3 is 23.9 Å². The van der Waals surface area contributed by atoms with Gasteiger partial charge in [0.15, 0.2) is 0 Å². The van der Waals surface area contributed by atoms with E-state index in [1.165, 1.54) is 35.4 Å². The number of terminal acetylenes is 1. The van der Waals surface area contributed by atoms with Crippen LogP contribution < -0.4 is 9.80 Å². The van der Waals surface area contributed by atoms with Crippen molar-refractivity contribution < 1.29 is 48.5 Å². The van der Waals surface area contributed by atoms with Gasteiger partial charge in [-0.25, -0.2) is 9.59 Å². The smallest absolute Gasteiger partial charge is 0.350 e. The SMILES string of the molecule is C#CC(C)(C)C.COC(=O)c1sc(C#CC(C)(C)C)cc1N(CC(=O)O)C(=O)C1CCC(C)CC1.COC(=O)c1sc(I)cc1N(CC(=O)O)C(=O)C1CCC(C)CC1. The second-order valence-electron chi connectivity index (χ2n) is 17.0. The number of nitrogens with zero attached hydrogens (tertiary/aromatic N) is 2. The number of carbonyl (C=O) groups excluding carboxylic acids is 4. The molecule has 0 atom stereocenters. The van der Waals surface area contributed by atoms with Gasteiger partial charge in [0.2, 0.25) is 11.8 Å². The van der Waals surface area contributed by atoms with E-state index in [-0.39, 0.29) is 49.9 Å². The zero-order valence-corrected chi connectivity index (χ0v) is 39.7. The Morgan fingerprint density at radius 3 is 1.42 bits per heavy atom. The first-order valence-corrected chi connectivity index (χ1v) is 22.3. The first-order chi connectivity index (χ1) is 27.4.